The minimum absolute atomic E-state index is 0.0218. The van der Waals surface area contributed by atoms with Gasteiger partial charge in [0.2, 0.25) is 5.76 Å². The molecule has 0 radical (unpaired) electrons. The second-order valence-electron chi connectivity index (χ2n) is 2.72. The lowest BCUT2D eigenvalue weighted by Gasteiger charge is -2.00. The fourth-order valence-corrected chi connectivity index (χ4v) is 1.23. The predicted octanol–water partition coefficient (Wildman–Crippen LogP) is 1.07. The molecule has 1 aromatic heterocycles. The highest BCUT2D eigenvalue weighted by Gasteiger charge is 2.13. The zero-order chi connectivity index (χ0) is 11.3. The Labute approximate surface area is 90.8 Å². The zero-order valence-corrected chi connectivity index (χ0v) is 8.97. The Hall–Kier alpha value is -1.43. The van der Waals surface area contributed by atoms with E-state index in [1.165, 1.54) is 12.1 Å². The van der Waals surface area contributed by atoms with Gasteiger partial charge in [-0.2, -0.15) is 11.8 Å². The first-order chi connectivity index (χ1) is 7.15. The third kappa shape index (κ3) is 3.32. The fraction of sp³-hybridized carbons (Fsp3) is 0.333. The highest BCUT2D eigenvalue weighted by molar-refractivity contribution is 7.98. The molecule has 0 fully saturated rings. The first-order valence-corrected chi connectivity index (χ1v) is 5.65. The number of thioether (sulfide) groups is 1. The molecule has 0 spiro atoms. The molecular weight excluding hydrogens is 218 g/mol. The molecule has 0 bridgehead atoms. The van der Waals surface area contributed by atoms with Crippen LogP contribution in [0.2, 0.25) is 0 Å². The minimum Gasteiger partial charge on any atom is -0.475 e. The molecule has 0 aromatic carbocycles. The van der Waals surface area contributed by atoms with Crippen LogP contribution in [0.25, 0.3) is 0 Å². The van der Waals surface area contributed by atoms with E-state index in [1.807, 2.05) is 6.26 Å². The maximum atomic E-state index is 11.3. The summed E-state index contributed by atoms with van der Waals surface area (Å²) in [6, 6.07) is 2.60. The zero-order valence-electron chi connectivity index (χ0n) is 8.15. The third-order valence-electron chi connectivity index (χ3n) is 1.63. The second kappa shape index (κ2) is 5.45. The summed E-state index contributed by atoms with van der Waals surface area (Å²) in [6.07, 6.45) is 1.93. The highest BCUT2D eigenvalue weighted by Crippen LogP contribution is 2.07. The number of carboxylic acid groups (broad SMARTS) is 1. The normalized spacial score (nSPS) is 9.93. The molecular formula is C9H11NO4S. The number of carboxylic acids is 1. The lowest BCUT2D eigenvalue weighted by atomic mass is 10.4. The molecule has 1 aromatic rings. The largest absolute Gasteiger partial charge is 0.475 e. The quantitative estimate of drug-likeness (QED) is 0.738. The van der Waals surface area contributed by atoms with Crippen molar-refractivity contribution in [3.05, 3.63) is 23.7 Å². The van der Waals surface area contributed by atoms with Gasteiger partial charge in [-0.05, 0) is 18.4 Å². The summed E-state index contributed by atoms with van der Waals surface area (Å²) < 4.78 is 4.82. The van der Waals surface area contributed by atoms with Crippen LogP contribution in [0, 0.1) is 0 Å². The Morgan fingerprint density at radius 2 is 2.13 bits per heavy atom. The van der Waals surface area contributed by atoms with E-state index in [0.717, 1.165) is 5.75 Å². The van der Waals surface area contributed by atoms with Gasteiger partial charge in [-0.1, -0.05) is 0 Å². The fourth-order valence-electron chi connectivity index (χ4n) is 0.929. The van der Waals surface area contributed by atoms with Crippen LogP contribution in [0.4, 0.5) is 0 Å². The molecule has 0 atom stereocenters. The van der Waals surface area contributed by atoms with E-state index in [0.29, 0.717) is 6.54 Å². The molecule has 0 aliphatic heterocycles. The van der Waals surface area contributed by atoms with Crippen molar-refractivity contribution in [3.63, 3.8) is 0 Å². The topological polar surface area (TPSA) is 79.5 Å². The minimum atomic E-state index is -1.18. The van der Waals surface area contributed by atoms with Gasteiger partial charge in [0, 0.05) is 12.3 Å². The number of carbonyl (C=O) groups excluding carboxylic acids is 1. The van der Waals surface area contributed by atoms with E-state index in [1.54, 1.807) is 11.8 Å². The van der Waals surface area contributed by atoms with Gasteiger partial charge in [0.05, 0.1) is 0 Å². The first-order valence-electron chi connectivity index (χ1n) is 4.25. The van der Waals surface area contributed by atoms with Crippen LogP contribution in [0.1, 0.15) is 21.1 Å². The van der Waals surface area contributed by atoms with E-state index >= 15 is 0 Å². The lowest BCUT2D eigenvalue weighted by molar-refractivity contribution is 0.0659. The standard InChI is InChI=1S/C9H11NO4S/c1-15-5-4-10-8(11)6-2-3-7(14-6)9(12)13/h2-3H,4-5H2,1H3,(H,10,11)(H,12,13). The van der Waals surface area contributed by atoms with Crippen LogP contribution in [0.3, 0.4) is 0 Å². The maximum absolute atomic E-state index is 11.3. The van der Waals surface area contributed by atoms with Crippen molar-refractivity contribution in [1.29, 1.82) is 0 Å². The van der Waals surface area contributed by atoms with Gasteiger partial charge >= 0.3 is 5.97 Å². The van der Waals surface area contributed by atoms with E-state index in [9.17, 15) is 9.59 Å². The van der Waals surface area contributed by atoms with Crippen molar-refractivity contribution in [3.8, 4) is 0 Å². The molecule has 0 unspecified atom stereocenters. The average molecular weight is 229 g/mol. The molecule has 0 aliphatic rings. The van der Waals surface area contributed by atoms with Crippen LogP contribution in [-0.2, 0) is 0 Å². The predicted molar refractivity (Wildman–Crippen MR) is 56.4 cm³/mol. The molecule has 2 N–H and O–H groups in total. The van der Waals surface area contributed by atoms with Gasteiger partial charge < -0.3 is 14.8 Å². The van der Waals surface area contributed by atoms with E-state index in [2.05, 4.69) is 5.32 Å². The molecule has 1 amide bonds. The number of aromatic carboxylic acids is 1. The van der Waals surface area contributed by atoms with Crippen molar-refractivity contribution in [2.75, 3.05) is 18.6 Å². The smallest absolute Gasteiger partial charge is 0.371 e. The van der Waals surface area contributed by atoms with E-state index in [-0.39, 0.29) is 11.5 Å². The van der Waals surface area contributed by atoms with Crippen LogP contribution in [0.15, 0.2) is 16.5 Å². The van der Waals surface area contributed by atoms with Crippen LogP contribution < -0.4 is 5.32 Å². The average Bonchev–Trinajstić information content (AvgIpc) is 2.66. The summed E-state index contributed by atoms with van der Waals surface area (Å²) >= 11 is 1.61. The van der Waals surface area contributed by atoms with E-state index in [4.69, 9.17) is 9.52 Å². The number of hydrogen-bond donors (Lipinski definition) is 2. The Morgan fingerprint density at radius 3 is 2.67 bits per heavy atom. The maximum Gasteiger partial charge on any atom is 0.371 e. The monoisotopic (exact) mass is 229 g/mol. The van der Waals surface area contributed by atoms with E-state index < -0.39 is 11.9 Å². The molecule has 82 valence electrons. The van der Waals surface area contributed by atoms with Crippen LogP contribution in [-0.4, -0.2) is 35.5 Å². The molecule has 15 heavy (non-hydrogen) atoms. The van der Waals surface area contributed by atoms with Crippen molar-refractivity contribution in [2.24, 2.45) is 0 Å². The van der Waals surface area contributed by atoms with Crippen molar-refractivity contribution >= 4 is 23.6 Å². The Morgan fingerprint density at radius 1 is 1.47 bits per heavy atom. The van der Waals surface area contributed by atoms with Crippen LogP contribution >= 0.6 is 11.8 Å². The van der Waals surface area contributed by atoms with Crippen molar-refractivity contribution in [1.82, 2.24) is 5.32 Å². The highest BCUT2D eigenvalue weighted by atomic mass is 32.2. The van der Waals surface area contributed by atoms with Gasteiger partial charge in [0.25, 0.3) is 5.91 Å². The summed E-state index contributed by atoms with van der Waals surface area (Å²) in [5, 5.41) is 11.2. The summed E-state index contributed by atoms with van der Waals surface area (Å²) in [5.74, 6) is -0.980. The molecule has 1 heterocycles. The summed E-state index contributed by atoms with van der Waals surface area (Å²) in [7, 11) is 0. The Balaban J connectivity index is 2.54. The lowest BCUT2D eigenvalue weighted by Crippen LogP contribution is -2.25. The van der Waals surface area contributed by atoms with Gasteiger partial charge in [-0.3, -0.25) is 4.79 Å². The summed E-state index contributed by atoms with van der Waals surface area (Å²) in [6.45, 7) is 0.531. The molecule has 0 saturated carbocycles. The SMILES string of the molecule is CSCCNC(=O)c1ccc(C(=O)O)o1. The molecule has 0 aliphatic carbocycles. The first kappa shape index (κ1) is 11.6. The molecule has 0 saturated heterocycles. The number of amides is 1. The third-order valence-corrected chi connectivity index (χ3v) is 2.24. The number of hydrogen-bond acceptors (Lipinski definition) is 4. The number of nitrogens with one attached hydrogen (secondary N) is 1. The van der Waals surface area contributed by atoms with Gasteiger partial charge in [-0.25, -0.2) is 4.79 Å². The van der Waals surface area contributed by atoms with Crippen molar-refractivity contribution < 1.29 is 19.1 Å². The Kier molecular flexibility index (Phi) is 4.23. The molecule has 6 heteroatoms. The molecule has 1 rings (SSSR count). The molecule has 5 nitrogen and oxygen atoms in total. The van der Waals surface area contributed by atoms with Gasteiger partial charge in [0.15, 0.2) is 5.76 Å². The summed E-state index contributed by atoms with van der Waals surface area (Å²) in [4.78, 5) is 21.8. The number of rotatable bonds is 5. The summed E-state index contributed by atoms with van der Waals surface area (Å²) in [5.41, 5.74) is 0. The Bertz CT molecular complexity index is 361. The number of furan rings is 1. The second-order valence-corrected chi connectivity index (χ2v) is 3.70. The van der Waals surface area contributed by atoms with Gasteiger partial charge in [0.1, 0.15) is 0 Å². The van der Waals surface area contributed by atoms with Crippen molar-refractivity contribution in [2.45, 2.75) is 0 Å². The van der Waals surface area contributed by atoms with Gasteiger partial charge in [-0.15, -0.1) is 0 Å². The van der Waals surface area contributed by atoms with Crippen LogP contribution in [0.5, 0.6) is 0 Å². The number of carbonyl (C=O) groups is 2.